The molecule has 2 rings (SSSR count). The third-order valence-corrected chi connectivity index (χ3v) is 3.11. The molecule has 0 aromatic heterocycles. The van der Waals surface area contributed by atoms with E-state index < -0.39 is 0 Å². The quantitative estimate of drug-likeness (QED) is 0.530. The molecule has 0 aliphatic heterocycles. The van der Waals surface area contributed by atoms with Crippen LogP contribution in [0.1, 0.15) is 30.5 Å². The molecule has 0 amide bonds. The van der Waals surface area contributed by atoms with Gasteiger partial charge in [0.2, 0.25) is 0 Å². The van der Waals surface area contributed by atoms with E-state index in [2.05, 4.69) is 16.3 Å². The molecule has 0 saturated carbocycles. The molecule has 2 aromatic rings. The normalized spacial score (nSPS) is 12.0. The van der Waals surface area contributed by atoms with Crippen molar-refractivity contribution in [2.24, 2.45) is 10.2 Å². The van der Waals surface area contributed by atoms with Gasteiger partial charge in [-0.25, -0.2) is 0 Å². The minimum Gasteiger partial charge on any atom is -0.399 e. The van der Waals surface area contributed by atoms with Crippen molar-refractivity contribution in [2.45, 2.75) is 13.8 Å². The Morgan fingerprint density at radius 3 is 1.71 bits per heavy atom. The third kappa shape index (κ3) is 3.77. The van der Waals surface area contributed by atoms with E-state index >= 15 is 0 Å². The first-order chi connectivity index (χ1) is 10.1. The standard InChI is InChI=1S/C17H16N4/c1-12(15-5-3-14(11-18)4-6-15)20-21-13(2)16-7-9-17(19)10-8-16/h3-10H,19H2,1-2H3. The molecule has 0 spiro atoms. The Morgan fingerprint density at radius 1 is 0.857 bits per heavy atom. The fourth-order valence-corrected chi connectivity index (χ4v) is 1.78. The van der Waals surface area contributed by atoms with E-state index in [0.717, 1.165) is 28.2 Å². The monoisotopic (exact) mass is 276 g/mol. The summed E-state index contributed by atoms with van der Waals surface area (Å²) in [5.41, 5.74) is 10.6. The first-order valence-corrected chi connectivity index (χ1v) is 6.55. The van der Waals surface area contributed by atoms with Gasteiger partial charge >= 0.3 is 0 Å². The van der Waals surface area contributed by atoms with E-state index in [0.29, 0.717) is 5.56 Å². The molecule has 104 valence electrons. The molecular formula is C17H16N4. The number of anilines is 1. The molecule has 2 aromatic carbocycles. The number of hydrogen-bond donors (Lipinski definition) is 1. The van der Waals surface area contributed by atoms with E-state index in [9.17, 15) is 0 Å². The molecule has 4 nitrogen and oxygen atoms in total. The van der Waals surface area contributed by atoms with Crippen LogP contribution in [0.2, 0.25) is 0 Å². The summed E-state index contributed by atoms with van der Waals surface area (Å²) in [5, 5.41) is 17.3. The molecule has 0 heterocycles. The summed E-state index contributed by atoms with van der Waals surface area (Å²) in [6.45, 7) is 3.79. The van der Waals surface area contributed by atoms with Gasteiger partial charge in [-0.3, -0.25) is 0 Å². The van der Waals surface area contributed by atoms with Crippen LogP contribution in [-0.4, -0.2) is 11.4 Å². The highest BCUT2D eigenvalue weighted by atomic mass is 15.2. The molecular weight excluding hydrogens is 260 g/mol. The van der Waals surface area contributed by atoms with Crippen LogP contribution in [0.25, 0.3) is 0 Å². The summed E-state index contributed by atoms with van der Waals surface area (Å²) >= 11 is 0. The van der Waals surface area contributed by atoms with Gasteiger partial charge < -0.3 is 5.73 Å². The van der Waals surface area contributed by atoms with Crippen LogP contribution in [0.15, 0.2) is 58.7 Å². The Hall–Kier alpha value is -2.93. The molecule has 0 unspecified atom stereocenters. The van der Waals surface area contributed by atoms with Gasteiger partial charge in [0.25, 0.3) is 0 Å². The fraction of sp³-hybridized carbons (Fsp3) is 0.118. The van der Waals surface area contributed by atoms with Gasteiger partial charge in [0.1, 0.15) is 0 Å². The van der Waals surface area contributed by atoms with E-state index in [1.807, 2.05) is 50.2 Å². The van der Waals surface area contributed by atoms with Crippen LogP contribution < -0.4 is 5.73 Å². The molecule has 2 N–H and O–H groups in total. The minimum atomic E-state index is 0.633. The van der Waals surface area contributed by atoms with E-state index in [1.54, 1.807) is 12.1 Å². The van der Waals surface area contributed by atoms with Crippen LogP contribution in [0.5, 0.6) is 0 Å². The van der Waals surface area contributed by atoms with Crippen molar-refractivity contribution >= 4 is 17.1 Å². The number of nitriles is 1. The van der Waals surface area contributed by atoms with Crippen molar-refractivity contribution < 1.29 is 0 Å². The lowest BCUT2D eigenvalue weighted by Gasteiger charge is -2.01. The molecule has 0 fully saturated rings. The van der Waals surface area contributed by atoms with Gasteiger partial charge in [-0.05, 0) is 49.2 Å². The molecule has 0 bridgehead atoms. The van der Waals surface area contributed by atoms with Crippen molar-refractivity contribution in [3.63, 3.8) is 0 Å². The average Bonchev–Trinajstić information content (AvgIpc) is 2.53. The van der Waals surface area contributed by atoms with Gasteiger partial charge in [0.15, 0.2) is 0 Å². The summed E-state index contributed by atoms with van der Waals surface area (Å²) in [6.07, 6.45) is 0. The second-order valence-electron chi connectivity index (χ2n) is 4.68. The predicted octanol–water partition coefficient (Wildman–Crippen LogP) is 3.37. The van der Waals surface area contributed by atoms with Crippen LogP contribution in [0.3, 0.4) is 0 Å². The molecule has 0 saturated heterocycles. The van der Waals surface area contributed by atoms with E-state index in [4.69, 9.17) is 11.0 Å². The smallest absolute Gasteiger partial charge is 0.0991 e. The van der Waals surface area contributed by atoms with Gasteiger partial charge in [0.05, 0.1) is 23.1 Å². The highest BCUT2D eigenvalue weighted by Gasteiger charge is 1.99. The van der Waals surface area contributed by atoms with Crippen LogP contribution in [-0.2, 0) is 0 Å². The lowest BCUT2D eigenvalue weighted by molar-refractivity contribution is 1.22. The number of hydrogen-bond acceptors (Lipinski definition) is 4. The van der Waals surface area contributed by atoms with Gasteiger partial charge in [-0.2, -0.15) is 15.5 Å². The molecule has 0 radical (unpaired) electrons. The summed E-state index contributed by atoms with van der Waals surface area (Å²) in [4.78, 5) is 0. The average molecular weight is 276 g/mol. The van der Waals surface area contributed by atoms with Crippen LogP contribution >= 0.6 is 0 Å². The molecule has 0 atom stereocenters. The molecule has 21 heavy (non-hydrogen) atoms. The molecule has 0 aliphatic carbocycles. The van der Waals surface area contributed by atoms with E-state index in [1.165, 1.54) is 0 Å². The lowest BCUT2D eigenvalue weighted by Crippen LogP contribution is -1.97. The Kier molecular flexibility index (Phi) is 4.47. The maximum atomic E-state index is 8.78. The predicted molar refractivity (Wildman–Crippen MR) is 86.4 cm³/mol. The van der Waals surface area contributed by atoms with Crippen molar-refractivity contribution in [3.8, 4) is 6.07 Å². The molecule has 0 aliphatic rings. The SMILES string of the molecule is CC(=NN=C(C)c1ccc(C#N)cc1)c1ccc(N)cc1. The highest BCUT2D eigenvalue weighted by Crippen LogP contribution is 2.08. The minimum absolute atomic E-state index is 0.633. The molecule has 4 heteroatoms. The first-order valence-electron chi connectivity index (χ1n) is 6.55. The van der Waals surface area contributed by atoms with Crippen molar-refractivity contribution in [1.82, 2.24) is 0 Å². The summed E-state index contributed by atoms with van der Waals surface area (Å²) in [5.74, 6) is 0. The summed E-state index contributed by atoms with van der Waals surface area (Å²) in [6, 6.07) is 16.9. The maximum Gasteiger partial charge on any atom is 0.0991 e. The Balaban J connectivity index is 2.19. The third-order valence-electron chi connectivity index (χ3n) is 3.11. The highest BCUT2D eigenvalue weighted by molar-refractivity contribution is 6.01. The zero-order valence-electron chi connectivity index (χ0n) is 12.0. The van der Waals surface area contributed by atoms with Crippen molar-refractivity contribution in [2.75, 3.05) is 5.73 Å². The van der Waals surface area contributed by atoms with E-state index in [-0.39, 0.29) is 0 Å². The Labute approximate surface area is 124 Å². The summed E-state index contributed by atoms with van der Waals surface area (Å²) in [7, 11) is 0. The number of nitrogens with two attached hydrogens (primary N) is 1. The van der Waals surface area contributed by atoms with Gasteiger partial charge in [-0.15, -0.1) is 0 Å². The van der Waals surface area contributed by atoms with Crippen molar-refractivity contribution in [1.29, 1.82) is 5.26 Å². The Morgan fingerprint density at radius 2 is 1.29 bits per heavy atom. The van der Waals surface area contributed by atoms with Crippen LogP contribution in [0.4, 0.5) is 5.69 Å². The second kappa shape index (κ2) is 6.49. The summed E-state index contributed by atoms with van der Waals surface area (Å²) < 4.78 is 0. The number of nitrogens with zero attached hydrogens (tertiary/aromatic N) is 3. The van der Waals surface area contributed by atoms with Gasteiger partial charge in [-0.1, -0.05) is 24.3 Å². The first kappa shape index (κ1) is 14.5. The number of rotatable bonds is 3. The largest absolute Gasteiger partial charge is 0.399 e. The number of benzene rings is 2. The number of nitrogen functional groups attached to an aromatic ring is 1. The van der Waals surface area contributed by atoms with Gasteiger partial charge in [0, 0.05) is 5.69 Å². The maximum absolute atomic E-state index is 8.78. The fourth-order valence-electron chi connectivity index (χ4n) is 1.78. The van der Waals surface area contributed by atoms with Crippen LogP contribution in [0, 0.1) is 11.3 Å². The topological polar surface area (TPSA) is 74.5 Å². The zero-order chi connectivity index (χ0) is 15.2. The Bertz CT molecular complexity index is 717. The zero-order valence-corrected chi connectivity index (χ0v) is 12.0. The lowest BCUT2D eigenvalue weighted by atomic mass is 10.1. The second-order valence-corrected chi connectivity index (χ2v) is 4.68. The van der Waals surface area contributed by atoms with Crippen molar-refractivity contribution in [3.05, 3.63) is 65.2 Å².